The summed E-state index contributed by atoms with van der Waals surface area (Å²) in [6, 6.07) is 45.1. The van der Waals surface area contributed by atoms with Crippen molar-refractivity contribution in [3.8, 4) is 6.07 Å². The number of nitrogens with one attached hydrogen (secondary N) is 3. The third-order valence-electron chi connectivity index (χ3n) is 9.26. The number of thiophene rings is 1. The molecule has 55 heavy (non-hydrogen) atoms. The van der Waals surface area contributed by atoms with Gasteiger partial charge in [0.2, 0.25) is 5.91 Å². The summed E-state index contributed by atoms with van der Waals surface area (Å²) in [4.78, 5) is 42.9. The molecule has 0 saturated carbocycles. The number of thioether (sulfide) groups is 1. The molecule has 272 valence electrons. The standard InChI is InChI=1S/C45H35ClN4O3S2/c46-34-19-10-12-29(24-34)25-39(49-42(51)32-17-8-3-9-18-32)43(52)48-35-20-11-21-36(27-35)54-41(31-15-6-2-7-16-31)44(53)50-45-38(28-47)37-23-22-33(26-40(37)55-45)30-13-4-1-5-14-30/h1-21,24-25,27,33,41H,22-23,26H2,(H,48,52)(H,49,51)(H,50,53)/b39-25-. The first-order valence-corrected chi connectivity index (χ1v) is 19.8. The van der Waals surface area contributed by atoms with Crippen molar-refractivity contribution in [3.63, 3.8) is 0 Å². The summed E-state index contributed by atoms with van der Waals surface area (Å²) in [6.45, 7) is 0. The van der Waals surface area contributed by atoms with Gasteiger partial charge >= 0.3 is 0 Å². The lowest BCUT2D eigenvalue weighted by Gasteiger charge is -2.22. The van der Waals surface area contributed by atoms with E-state index in [0.29, 0.717) is 38.3 Å². The summed E-state index contributed by atoms with van der Waals surface area (Å²) < 4.78 is 0. The molecule has 10 heteroatoms. The van der Waals surface area contributed by atoms with Crippen LogP contribution >= 0.6 is 34.7 Å². The van der Waals surface area contributed by atoms with Crippen LogP contribution in [0.25, 0.3) is 6.08 Å². The zero-order valence-electron chi connectivity index (χ0n) is 29.5. The first-order chi connectivity index (χ1) is 26.8. The molecule has 0 aliphatic heterocycles. The number of nitriles is 1. The highest BCUT2D eigenvalue weighted by Gasteiger charge is 2.29. The minimum absolute atomic E-state index is 0.0257. The summed E-state index contributed by atoms with van der Waals surface area (Å²) >= 11 is 9.04. The number of halogens is 1. The van der Waals surface area contributed by atoms with Crippen LogP contribution < -0.4 is 16.0 Å². The maximum atomic E-state index is 14.2. The molecule has 7 nitrogen and oxygen atoms in total. The second-order valence-electron chi connectivity index (χ2n) is 13.0. The molecule has 0 spiro atoms. The summed E-state index contributed by atoms with van der Waals surface area (Å²) in [6.07, 6.45) is 4.12. The van der Waals surface area contributed by atoms with E-state index in [0.717, 1.165) is 40.2 Å². The lowest BCUT2D eigenvalue weighted by Crippen LogP contribution is -2.30. The van der Waals surface area contributed by atoms with Gasteiger partial charge in [0, 0.05) is 26.0 Å². The lowest BCUT2D eigenvalue weighted by molar-refractivity contribution is -0.116. The average molecular weight is 779 g/mol. The van der Waals surface area contributed by atoms with Crippen LogP contribution in [0, 0.1) is 11.3 Å². The molecule has 0 radical (unpaired) electrons. The fourth-order valence-corrected chi connectivity index (χ4v) is 9.13. The van der Waals surface area contributed by atoms with E-state index >= 15 is 0 Å². The monoisotopic (exact) mass is 778 g/mol. The summed E-state index contributed by atoms with van der Waals surface area (Å²) in [5, 5.41) is 19.4. The Bertz CT molecular complexity index is 2410. The van der Waals surface area contributed by atoms with Gasteiger partial charge in [0.1, 0.15) is 22.0 Å². The molecular weight excluding hydrogens is 744 g/mol. The van der Waals surface area contributed by atoms with Crippen LogP contribution in [0.4, 0.5) is 10.7 Å². The molecule has 1 aliphatic carbocycles. The van der Waals surface area contributed by atoms with Crippen LogP contribution in [0.1, 0.15) is 60.6 Å². The SMILES string of the molecule is N#Cc1c(NC(=O)C(Sc2cccc(NC(=O)/C(=C/c3cccc(Cl)c3)NC(=O)c3ccccc3)c2)c2ccccc2)sc2c1CCC(c1ccccc1)C2. The van der Waals surface area contributed by atoms with Crippen LogP contribution in [-0.4, -0.2) is 17.7 Å². The maximum absolute atomic E-state index is 14.2. The normalized spacial score (nSPS) is 14.2. The molecule has 1 heterocycles. The van der Waals surface area contributed by atoms with Gasteiger partial charge in [-0.25, -0.2) is 0 Å². The van der Waals surface area contributed by atoms with E-state index in [-0.39, 0.29) is 11.6 Å². The minimum Gasteiger partial charge on any atom is -0.321 e. The van der Waals surface area contributed by atoms with Gasteiger partial charge in [0.15, 0.2) is 0 Å². The van der Waals surface area contributed by atoms with Crippen molar-refractivity contribution in [2.45, 2.75) is 35.3 Å². The predicted molar refractivity (Wildman–Crippen MR) is 222 cm³/mol. The molecule has 1 aliphatic rings. The molecule has 2 unspecified atom stereocenters. The molecule has 5 aromatic carbocycles. The zero-order valence-corrected chi connectivity index (χ0v) is 31.9. The number of benzene rings is 5. The number of carbonyl (C=O) groups excluding carboxylic acids is 3. The Morgan fingerprint density at radius 1 is 0.836 bits per heavy atom. The number of nitrogens with zero attached hydrogens (tertiary/aromatic N) is 1. The number of anilines is 2. The molecule has 3 amide bonds. The second-order valence-corrected chi connectivity index (χ2v) is 15.7. The third kappa shape index (κ3) is 9.25. The highest BCUT2D eigenvalue weighted by Crippen LogP contribution is 2.44. The number of hydrogen-bond donors (Lipinski definition) is 3. The van der Waals surface area contributed by atoms with E-state index in [1.807, 2.05) is 48.5 Å². The second kappa shape index (κ2) is 17.5. The van der Waals surface area contributed by atoms with E-state index in [9.17, 15) is 19.6 Å². The van der Waals surface area contributed by atoms with E-state index in [2.05, 4.69) is 46.3 Å². The van der Waals surface area contributed by atoms with Gasteiger partial charge in [-0.3, -0.25) is 14.4 Å². The van der Waals surface area contributed by atoms with E-state index in [1.165, 1.54) is 28.7 Å². The summed E-state index contributed by atoms with van der Waals surface area (Å²) in [7, 11) is 0. The lowest BCUT2D eigenvalue weighted by atomic mass is 9.83. The van der Waals surface area contributed by atoms with Crippen molar-refractivity contribution in [1.29, 1.82) is 5.26 Å². The van der Waals surface area contributed by atoms with Gasteiger partial charge in [-0.15, -0.1) is 23.1 Å². The van der Waals surface area contributed by atoms with Crippen molar-refractivity contribution in [2.75, 3.05) is 10.6 Å². The van der Waals surface area contributed by atoms with Crippen LogP contribution in [0.5, 0.6) is 0 Å². The van der Waals surface area contributed by atoms with E-state index < -0.39 is 17.1 Å². The molecule has 0 fully saturated rings. The van der Waals surface area contributed by atoms with Crippen molar-refractivity contribution in [1.82, 2.24) is 5.32 Å². The van der Waals surface area contributed by atoms with E-state index in [4.69, 9.17) is 11.6 Å². The van der Waals surface area contributed by atoms with Gasteiger partial charge in [-0.2, -0.15) is 5.26 Å². The van der Waals surface area contributed by atoms with Gasteiger partial charge < -0.3 is 16.0 Å². The van der Waals surface area contributed by atoms with Crippen molar-refractivity contribution < 1.29 is 14.4 Å². The van der Waals surface area contributed by atoms with Gasteiger partial charge in [-0.1, -0.05) is 109 Å². The Morgan fingerprint density at radius 2 is 1.55 bits per heavy atom. The Hall–Kier alpha value is -5.92. The molecule has 3 N–H and O–H groups in total. The number of rotatable bonds is 11. The van der Waals surface area contributed by atoms with Crippen LogP contribution in [-0.2, 0) is 22.4 Å². The quantitative estimate of drug-likeness (QED) is 0.0896. The largest absolute Gasteiger partial charge is 0.321 e. The fraction of sp³-hybridized carbons (Fsp3) is 0.111. The third-order valence-corrected chi connectivity index (χ3v) is 11.9. The van der Waals surface area contributed by atoms with Crippen LogP contribution in [0.2, 0.25) is 5.02 Å². The summed E-state index contributed by atoms with van der Waals surface area (Å²) in [5.41, 5.74) is 5.19. The number of carbonyl (C=O) groups is 3. The smallest absolute Gasteiger partial charge is 0.272 e. The fourth-order valence-electron chi connectivity index (χ4n) is 6.57. The Morgan fingerprint density at radius 3 is 2.27 bits per heavy atom. The highest BCUT2D eigenvalue weighted by molar-refractivity contribution is 8.00. The zero-order chi connectivity index (χ0) is 38.1. The van der Waals surface area contributed by atoms with Crippen LogP contribution in [0.3, 0.4) is 0 Å². The first kappa shape index (κ1) is 37.4. The topological polar surface area (TPSA) is 111 Å². The summed E-state index contributed by atoms with van der Waals surface area (Å²) in [5.74, 6) is -0.863. The number of fused-ring (bicyclic) bond motifs is 1. The highest BCUT2D eigenvalue weighted by atomic mass is 35.5. The first-order valence-electron chi connectivity index (χ1n) is 17.7. The molecular formula is C45H35ClN4O3S2. The number of amides is 3. The van der Waals surface area contributed by atoms with Crippen molar-refractivity contribution in [2.24, 2.45) is 0 Å². The van der Waals surface area contributed by atoms with Crippen LogP contribution in [0.15, 0.2) is 150 Å². The Balaban J connectivity index is 1.11. The van der Waals surface area contributed by atoms with Gasteiger partial charge in [0.05, 0.1) is 5.56 Å². The van der Waals surface area contributed by atoms with Crippen molar-refractivity contribution in [3.05, 3.63) is 189 Å². The molecule has 0 saturated heterocycles. The molecule has 7 rings (SSSR count). The van der Waals surface area contributed by atoms with E-state index in [1.54, 1.807) is 72.8 Å². The molecule has 1 aromatic heterocycles. The maximum Gasteiger partial charge on any atom is 0.272 e. The van der Waals surface area contributed by atoms with Crippen molar-refractivity contribution >= 4 is 69.2 Å². The average Bonchev–Trinajstić information content (AvgIpc) is 3.56. The Labute approximate surface area is 333 Å². The Kier molecular flexibility index (Phi) is 11.9. The predicted octanol–water partition coefficient (Wildman–Crippen LogP) is 10.4. The van der Waals surface area contributed by atoms with Gasteiger partial charge in [0.25, 0.3) is 11.8 Å². The van der Waals surface area contributed by atoms with Gasteiger partial charge in [-0.05, 0) is 96.0 Å². The number of hydrogen-bond acceptors (Lipinski definition) is 6. The minimum atomic E-state index is -0.668. The molecule has 2 atom stereocenters. The molecule has 6 aromatic rings. The molecule has 0 bridgehead atoms.